The summed E-state index contributed by atoms with van der Waals surface area (Å²) in [5.74, 6) is -1.94. The van der Waals surface area contributed by atoms with Gasteiger partial charge in [-0.25, -0.2) is 9.18 Å². The molecule has 1 heterocycles. The van der Waals surface area contributed by atoms with E-state index in [1.165, 1.54) is 18.2 Å². The summed E-state index contributed by atoms with van der Waals surface area (Å²) < 4.78 is 25.6. The molecule has 1 aromatic carbocycles. The lowest BCUT2D eigenvalue weighted by atomic mass is 9.77. The van der Waals surface area contributed by atoms with Gasteiger partial charge in [-0.1, -0.05) is 12.1 Å². The molecule has 0 aliphatic carbocycles. The summed E-state index contributed by atoms with van der Waals surface area (Å²) in [7, 11) is -0.869. The summed E-state index contributed by atoms with van der Waals surface area (Å²) in [6, 6.07) is 3.79. The van der Waals surface area contributed by atoms with Crippen molar-refractivity contribution in [3.05, 3.63) is 40.6 Å². The molecule has 0 atom stereocenters. The van der Waals surface area contributed by atoms with Crippen molar-refractivity contribution in [3.63, 3.8) is 0 Å². The van der Waals surface area contributed by atoms with Crippen LogP contribution in [0.5, 0.6) is 0 Å². The Balaban J connectivity index is 2.44. The Bertz CT molecular complexity index is 638. The molecule has 2 rings (SSSR count). The van der Waals surface area contributed by atoms with Crippen LogP contribution in [0.25, 0.3) is 6.08 Å². The highest BCUT2D eigenvalue weighted by atomic mass is 19.1. The Hall–Kier alpha value is -1.70. The second kappa shape index (κ2) is 6.07. The van der Waals surface area contributed by atoms with E-state index in [9.17, 15) is 19.4 Å². The topological polar surface area (TPSA) is 76.0 Å². The van der Waals surface area contributed by atoms with Crippen molar-refractivity contribution >= 4 is 19.2 Å². The lowest BCUT2D eigenvalue weighted by Gasteiger charge is -2.32. The number of benzene rings is 1. The number of hydrogen-bond donors (Lipinski definition) is 2. The zero-order valence-electron chi connectivity index (χ0n) is 13.6. The molecule has 0 radical (unpaired) electrons. The van der Waals surface area contributed by atoms with Gasteiger partial charge in [-0.3, -0.25) is 0 Å². The van der Waals surface area contributed by atoms with Crippen molar-refractivity contribution in [2.24, 2.45) is 0 Å². The highest BCUT2D eigenvalue weighted by Crippen LogP contribution is 2.38. The largest absolute Gasteiger partial charge is 0.492 e. The maximum Gasteiger partial charge on any atom is 0.492 e. The number of aromatic carboxylic acids is 1. The summed E-state index contributed by atoms with van der Waals surface area (Å²) in [5.41, 5.74) is -1.27. The smallest absolute Gasteiger partial charge is 0.478 e. The Morgan fingerprint density at radius 2 is 1.83 bits per heavy atom. The molecule has 0 saturated carbocycles. The molecule has 7 heteroatoms. The fourth-order valence-corrected chi connectivity index (χ4v) is 2.24. The number of rotatable bonds is 4. The molecule has 0 aromatic heterocycles. The zero-order valence-corrected chi connectivity index (χ0v) is 13.6. The molecular formula is C16H20BFO5. The Labute approximate surface area is 134 Å². The normalized spacial score (nSPS) is 19.9. The van der Waals surface area contributed by atoms with E-state index in [-0.39, 0.29) is 16.6 Å². The first-order chi connectivity index (χ1) is 10.6. The Morgan fingerprint density at radius 1 is 1.26 bits per heavy atom. The number of hydrogen-bond acceptors (Lipinski definition) is 4. The third-order valence-electron chi connectivity index (χ3n) is 4.35. The first-order valence-electron chi connectivity index (χ1n) is 7.28. The van der Waals surface area contributed by atoms with Crippen LogP contribution in [0.4, 0.5) is 4.39 Å². The van der Waals surface area contributed by atoms with Crippen molar-refractivity contribution in [3.8, 4) is 0 Å². The van der Waals surface area contributed by atoms with Crippen LogP contribution in [-0.4, -0.2) is 41.1 Å². The van der Waals surface area contributed by atoms with E-state index >= 15 is 0 Å². The highest BCUT2D eigenvalue weighted by Gasteiger charge is 2.52. The van der Waals surface area contributed by atoms with Gasteiger partial charge in [-0.15, -0.1) is 0 Å². The van der Waals surface area contributed by atoms with Crippen LogP contribution in [-0.2, 0) is 9.31 Å². The molecular weight excluding hydrogens is 302 g/mol. The van der Waals surface area contributed by atoms with Gasteiger partial charge in [0, 0.05) is 5.56 Å². The molecule has 0 amide bonds. The van der Waals surface area contributed by atoms with Crippen LogP contribution in [0.2, 0.25) is 0 Å². The van der Waals surface area contributed by atoms with E-state index in [1.807, 2.05) is 27.7 Å². The minimum atomic E-state index is -1.25. The van der Waals surface area contributed by atoms with E-state index in [0.29, 0.717) is 0 Å². The summed E-state index contributed by atoms with van der Waals surface area (Å²) in [6.07, 6.45) is 1.28. The summed E-state index contributed by atoms with van der Waals surface area (Å²) in [5, 5.41) is 18.8. The van der Waals surface area contributed by atoms with Crippen LogP contribution in [0.15, 0.2) is 23.7 Å². The molecule has 1 fully saturated rings. The van der Waals surface area contributed by atoms with Gasteiger partial charge in [0.05, 0.1) is 23.4 Å². The first kappa shape index (κ1) is 17.7. The third-order valence-corrected chi connectivity index (χ3v) is 4.35. The third kappa shape index (κ3) is 3.31. The predicted octanol–water partition coefficient (Wildman–Crippen LogP) is 2.53. The molecule has 1 aliphatic rings. The Kier molecular flexibility index (Phi) is 4.66. The van der Waals surface area contributed by atoms with Gasteiger partial charge in [0.1, 0.15) is 5.82 Å². The van der Waals surface area contributed by atoms with Gasteiger partial charge in [-0.2, -0.15) is 0 Å². The molecule has 1 aliphatic heterocycles. The molecule has 124 valence electrons. The fourth-order valence-electron chi connectivity index (χ4n) is 2.24. The minimum absolute atomic E-state index is 0.112. The van der Waals surface area contributed by atoms with E-state index in [0.717, 1.165) is 6.07 Å². The van der Waals surface area contributed by atoms with Crippen LogP contribution in [0.1, 0.15) is 43.6 Å². The Morgan fingerprint density at radius 3 is 2.30 bits per heavy atom. The second-order valence-corrected chi connectivity index (χ2v) is 6.47. The number of halogens is 1. The molecule has 2 N–H and O–H groups in total. The maximum absolute atomic E-state index is 14.0. The van der Waals surface area contributed by atoms with Crippen molar-refractivity contribution in [1.29, 1.82) is 0 Å². The minimum Gasteiger partial charge on any atom is -0.478 e. The zero-order chi connectivity index (χ0) is 17.4. The SMILES string of the molecule is CC1(C)OB(C(=Cc2c(F)cccc2C(=O)O)CO)OC1(C)C. The molecule has 0 spiro atoms. The first-order valence-corrected chi connectivity index (χ1v) is 7.28. The van der Waals surface area contributed by atoms with E-state index in [4.69, 9.17) is 9.31 Å². The second-order valence-electron chi connectivity index (χ2n) is 6.47. The number of carboxylic acid groups (broad SMARTS) is 1. The van der Waals surface area contributed by atoms with Gasteiger partial charge < -0.3 is 19.5 Å². The molecule has 0 bridgehead atoms. The molecule has 1 saturated heterocycles. The van der Waals surface area contributed by atoms with Crippen LogP contribution >= 0.6 is 0 Å². The average molecular weight is 322 g/mol. The van der Waals surface area contributed by atoms with Crippen LogP contribution in [0, 0.1) is 5.82 Å². The number of carboxylic acids is 1. The van der Waals surface area contributed by atoms with E-state index in [1.54, 1.807) is 0 Å². The van der Waals surface area contributed by atoms with Crippen molar-refractivity contribution in [2.45, 2.75) is 38.9 Å². The summed E-state index contributed by atoms with van der Waals surface area (Å²) >= 11 is 0. The molecule has 0 unspecified atom stereocenters. The standard InChI is InChI=1S/C16H20BFO5/c1-15(2)16(3,4)23-17(22-15)10(9-19)8-12-11(14(20)21)6-5-7-13(12)18/h5-8,19H,9H2,1-4H3,(H,20,21). The maximum atomic E-state index is 14.0. The molecule has 5 nitrogen and oxygen atoms in total. The number of carbonyl (C=O) groups is 1. The van der Waals surface area contributed by atoms with Gasteiger partial charge >= 0.3 is 13.1 Å². The fraction of sp³-hybridized carbons (Fsp3) is 0.438. The van der Waals surface area contributed by atoms with Crippen LogP contribution < -0.4 is 0 Å². The number of aliphatic hydroxyl groups excluding tert-OH is 1. The van der Waals surface area contributed by atoms with Gasteiger partial charge in [0.15, 0.2) is 0 Å². The molecule has 1 aromatic rings. The van der Waals surface area contributed by atoms with Crippen molar-refractivity contribution in [2.75, 3.05) is 6.61 Å². The lowest BCUT2D eigenvalue weighted by Crippen LogP contribution is -2.41. The number of aliphatic hydroxyl groups is 1. The predicted molar refractivity (Wildman–Crippen MR) is 84.5 cm³/mol. The van der Waals surface area contributed by atoms with E-state index < -0.39 is 36.7 Å². The summed E-state index contributed by atoms with van der Waals surface area (Å²) in [4.78, 5) is 11.3. The monoisotopic (exact) mass is 322 g/mol. The summed E-state index contributed by atoms with van der Waals surface area (Å²) in [6.45, 7) is 6.98. The quantitative estimate of drug-likeness (QED) is 0.833. The lowest BCUT2D eigenvalue weighted by molar-refractivity contribution is 0.00578. The van der Waals surface area contributed by atoms with Crippen molar-refractivity contribution in [1.82, 2.24) is 0 Å². The van der Waals surface area contributed by atoms with Gasteiger partial charge in [-0.05, 0) is 45.3 Å². The van der Waals surface area contributed by atoms with Gasteiger partial charge in [0.25, 0.3) is 0 Å². The van der Waals surface area contributed by atoms with Crippen LogP contribution in [0.3, 0.4) is 0 Å². The van der Waals surface area contributed by atoms with E-state index in [2.05, 4.69) is 0 Å². The highest BCUT2D eigenvalue weighted by molar-refractivity contribution is 6.55. The van der Waals surface area contributed by atoms with Crippen molar-refractivity contribution < 1.29 is 28.7 Å². The average Bonchev–Trinajstić information content (AvgIpc) is 2.65. The molecule has 23 heavy (non-hydrogen) atoms. The van der Waals surface area contributed by atoms with Gasteiger partial charge in [0.2, 0.25) is 0 Å².